The molecule has 0 radical (unpaired) electrons. The summed E-state index contributed by atoms with van der Waals surface area (Å²) in [6, 6.07) is 16.2. The zero-order valence-electron chi connectivity index (χ0n) is 18.3. The minimum Gasteiger partial charge on any atom is -0.481 e. The van der Waals surface area contributed by atoms with Crippen molar-refractivity contribution in [1.29, 1.82) is 0 Å². The topological polar surface area (TPSA) is 123 Å². The third-order valence-electron chi connectivity index (χ3n) is 5.32. The molecule has 0 saturated heterocycles. The van der Waals surface area contributed by atoms with Gasteiger partial charge in [0.2, 0.25) is 5.91 Å². The van der Waals surface area contributed by atoms with Crippen LogP contribution in [0.25, 0.3) is 11.1 Å². The Balaban J connectivity index is 1.25. The molecule has 34 heavy (non-hydrogen) atoms. The van der Waals surface area contributed by atoms with Crippen molar-refractivity contribution in [3.63, 3.8) is 0 Å². The summed E-state index contributed by atoms with van der Waals surface area (Å²) in [5.41, 5.74) is 5.01. The lowest BCUT2D eigenvalue weighted by Gasteiger charge is -2.14. The number of carboxylic acid groups (broad SMARTS) is 1. The molecule has 0 saturated carbocycles. The summed E-state index contributed by atoms with van der Waals surface area (Å²) in [5.74, 6) is -0.666. The number of thioether (sulfide) groups is 1. The highest BCUT2D eigenvalue weighted by Gasteiger charge is 2.29. The molecule has 0 atom stereocenters. The first-order valence-electron chi connectivity index (χ1n) is 10.7. The summed E-state index contributed by atoms with van der Waals surface area (Å²) in [7, 11) is 0. The molecule has 1 aliphatic carbocycles. The van der Waals surface area contributed by atoms with Gasteiger partial charge in [0.25, 0.3) is 0 Å². The van der Waals surface area contributed by atoms with E-state index < -0.39 is 12.1 Å². The van der Waals surface area contributed by atoms with E-state index in [-0.39, 0.29) is 30.7 Å². The molecule has 1 heterocycles. The van der Waals surface area contributed by atoms with Crippen LogP contribution in [0.2, 0.25) is 0 Å². The molecule has 3 N–H and O–H groups in total. The quantitative estimate of drug-likeness (QED) is 0.381. The SMILES string of the molecule is O=C(O)CSCCNC(=O)Cn1cc(NC(=O)OCC2c3ccccc3-c3ccccc32)cn1. The Kier molecular flexibility index (Phi) is 7.48. The van der Waals surface area contributed by atoms with Crippen LogP contribution in [0.5, 0.6) is 0 Å². The van der Waals surface area contributed by atoms with E-state index in [9.17, 15) is 14.4 Å². The molecule has 0 unspecified atom stereocenters. The highest BCUT2D eigenvalue weighted by atomic mass is 32.2. The number of carboxylic acids is 1. The van der Waals surface area contributed by atoms with E-state index in [2.05, 4.69) is 40.0 Å². The summed E-state index contributed by atoms with van der Waals surface area (Å²) < 4.78 is 6.92. The first-order valence-corrected chi connectivity index (χ1v) is 11.9. The van der Waals surface area contributed by atoms with E-state index in [4.69, 9.17) is 9.84 Å². The number of ether oxygens (including phenoxy) is 1. The van der Waals surface area contributed by atoms with Crippen LogP contribution in [0.15, 0.2) is 60.9 Å². The van der Waals surface area contributed by atoms with Crippen molar-refractivity contribution in [2.24, 2.45) is 0 Å². The summed E-state index contributed by atoms with van der Waals surface area (Å²) in [5, 5.41) is 18.0. The van der Waals surface area contributed by atoms with E-state index in [0.29, 0.717) is 18.0 Å². The van der Waals surface area contributed by atoms with Gasteiger partial charge >= 0.3 is 12.1 Å². The predicted molar refractivity (Wildman–Crippen MR) is 129 cm³/mol. The number of aromatic nitrogens is 2. The van der Waals surface area contributed by atoms with Crippen LogP contribution in [0.3, 0.4) is 0 Å². The molecule has 0 spiro atoms. The fourth-order valence-electron chi connectivity index (χ4n) is 3.89. The normalized spacial score (nSPS) is 12.0. The molecule has 0 bridgehead atoms. The van der Waals surface area contributed by atoms with Crippen molar-refractivity contribution in [3.8, 4) is 11.1 Å². The van der Waals surface area contributed by atoms with Gasteiger partial charge in [-0.3, -0.25) is 19.6 Å². The van der Waals surface area contributed by atoms with Crippen molar-refractivity contribution in [2.75, 3.05) is 30.0 Å². The van der Waals surface area contributed by atoms with Crippen molar-refractivity contribution in [1.82, 2.24) is 15.1 Å². The van der Waals surface area contributed by atoms with Gasteiger partial charge in [-0.2, -0.15) is 5.10 Å². The second-order valence-electron chi connectivity index (χ2n) is 7.67. The Morgan fingerprint density at radius 2 is 1.74 bits per heavy atom. The minimum atomic E-state index is -0.885. The molecule has 1 aliphatic rings. The molecule has 0 fully saturated rings. The Morgan fingerprint density at radius 3 is 2.41 bits per heavy atom. The second kappa shape index (κ2) is 10.9. The van der Waals surface area contributed by atoms with E-state index in [1.54, 1.807) is 6.20 Å². The third-order valence-corrected chi connectivity index (χ3v) is 6.27. The van der Waals surface area contributed by atoms with Gasteiger partial charge in [0.15, 0.2) is 0 Å². The largest absolute Gasteiger partial charge is 0.481 e. The fraction of sp³-hybridized carbons (Fsp3) is 0.250. The van der Waals surface area contributed by atoms with E-state index in [0.717, 1.165) is 22.3 Å². The van der Waals surface area contributed by atoms with Crippen LogP contribution in [0.4, 0.5) is 10.5 Å². The summed E-state index contributed by atoms with van der Waals surface area (Å²) in [4.78, 5) is 34.8. The number of hydrogen-bond acceptors (Lipinski definition) is 6. The molecule has 9 nitrogen and oxygen atoms in total. The van der Waals surface area contributed by atoms with Gasteiger partial charge < -0.3 is 15.2 Å². The van der Waals surface area contributed by atoms with Crippen LogP contribution in [-0.2, 0) is 20.9 Å². The van der Waals surface area contributed by atoms with Crippen molar-refractivity contribution in [2.45, 2.75) is 12.5 Å². The summed E-state index contributed by atoms with van der Waals surface area (Å²) >= 11 is 1.23. The number of nitrogens with one attached hydrogen (secondary N) is 2. The fourth-order valence-corrected chi connectivity index (χ4v) is 4.46. The van der Waals surface area contributed by atoms with Gasteiger partial charge in [0.1, 0.15) is 13.2 Å². The Morgan fingerprint density at radius 1 is 1.06 bits per heavy atom. The van der Waals surface area contributed by atoms with Crippen LogP contribution < -0.4 is 10.6 Å². The van der Waals surface area contributed by atoms with Gasteiger partial charge in [0.05, 0.1) is 17.6 Å². The number of benzene rings is 2. The van der Waals surface area contributed by atoms with Crippen molar-refractivity contribution in [3.05, 3.63) is 72.1 Å². The molecular formula is C24H24N4O5S. The Bertz CT molecular complexity index is 1150. The van der Waals surface area contributed by atoms with Crippen molar-refractivity contribution < 1.29 is 24.2 Å². The van der Waals surface area contributed by atoms with Crippen LogP contribution in [0.1, 0.15) is 17.0 Å². The molecule has 3 aromatic rings. The first-order chi connectivity index (χ1) is 16.5. The average molecular weight is 481 g/mol. The van der Waals surface area contributed by atoms with Gasteiger partial charge in [-0.25, -0.2) is 4.79 Å². The molecule has 176 valence electrons. The Hall–Kier alpha value is -3.79. The van der Waals surface area contributed by atoms with E-state index in [1.807, 2.05) is 24.3 Å². The zero-order valence-corrected chi connectivity index (χ0v) is 19.1. The molecule has 0 aliphatic heterocycles. The molecular weight excluding hydrogens is 456 g/mol. The minimum absolute atomic E-state index is 0.0000746. The number of hydrogen-bond donors (Lipinski definition) is 3. The van der Waals surface area contributed by atoms with Gasteiger partial charge in [-0.15, -0.1) is 11.8 Å². The number of aliphatic carboxylic acids is 1. The number of carbonyl (C=O) groups is 3. The van der Waals surface area contributed by atoms with Crippen LogP contribution in [-0.4, -0.2) is 57.5 Å². The number of amides is 2. The molecule has 2 amide bonds. The number of rotatable bonds is 10. The van der Waals surface area contributed by atoms with Gasteiger partial charge in [-0.1, -0.05) is 48.5 Å². The smallest absolute Gasteiger partial charge is 0.411 e. The maximum atomic E-state index is 12.4. The number of nitrogens with zero attached hydrogens (tertiary/aromatic N) is 2. The molecule has 4 rings (SSSR count). The monoisotopic (exact) mass is 480 g/mol. The molecule has 10 heteroatoms. The van der Waals surface area contributed by atoms with Gasteiger partial charge in [-0.05, 0) is 22.3 Å². The zero-order chi connectivity index (χ0) is 23.9. The highest BCUT2D eigenvalue weighted by molar-refractivity contribution is 7.99. The standard InChI is InChI=1S/C24H24N4O5S/c29-22(25-9-10-34-15-23(30)31)13-28-12-16(11-26-28)27-24(32)33-14-21-19-7-3-1-5-17(19)18-6-2-4-8-20(18)21/h1-8,11-12,21H,9-10,13-15H2,(H,25,29)(H,27,32)(H,30,31). The number of anilines is 1. The number of carbonyl (C=O) groups excluding carboxylic acids is 2. The average Bonchev–Trinajstić information content (AvgIpc) is 3.39. The lowest BCUT2D eigenvalue weighted by molar-refractivity contribution is -0.133. The van der Waals surface area contributed by atoms with Crippen LogP contribution in [0, 0.1) is 0 Å². The summed E-state index contributed by atoms with van der Waals surface area (Å²) in [6.45, 7) is 0.551. The maximum Gasteiger partial charge on any atom is 0.411 e. The van der Waals surface area contributed by atoms with E-state index >= 15 is 0 Å². The second-order valence-corrected chi connectivity index (χ2v) is 8.78. The highest BCUT2D eigenvalue weighted by Crippen LogP contribution is 2.44. The third kappa shape index (κ3) is 5.76. The first kappa shape index (κ1) is 23.4. The predicted octanol–water partition coefficient (Wildman–Crippen LogP) is 3.18. The molecule has 1 aromatic heterocycles. The van der Waals surface area contributed by atoms with Gasteiger partial charge in [0, 0.05) is 24.4 Å². The van der Waals surface area contributed by atoms with E-state index in [1.165, 1.54) is 22.6 Å². The molecule has 2 aromatic carbocycles. The van der Waals surface area contributed by atoms with Crippen molar-refractivity contribution >= 4 is 35.4 Å². The lowest BCUT2D eigenvalue weighted by atomic mass is 9.98. The lowest BCUT2D eigenvalue weighted by Crippen LogP contribution is -2.29. The summed E-state index contributed by atoms with van der Waals surface area (Å²) in [6.07, 6.45) is 2.39. The van der Waals surface area contributed by atoms with Crippen LogP contribution >= 0.6 is 11.8 Å². The Labute approximate surface area is 200 Å². The number of fused-ring (bicyclic) bond motifs is 3. The maximum absolute atomic E-state index is 12.4.